The summed E-state index contributed by atoms with van der Waals surface area (Å²) in [5.74, 6) is 0.589. The van der Waals surface area contributed by atoms with Gasteiger partial charge in [0.05, 0.1) is 30.0 Å². The lowest BCUT2D eigenvalue weighted by atomic mass is 9.95. The van der Waals surface area contributed by atoms with Crippen LogP contribution < -0.4 is 5.32 Å². The Labute approximate surface area is 146 Å². The molecule has 0 bridgehead atoms. The number of amides is 1. The Morgan fingerprint density at radius 3 is 2.79 bits per heavy atom. The zero-order valence-electron chi connectivity index (χ0n) is 14.3. The lowest BCUT2D eigenvalue weighted by molar-refractivity contribution is 0.0928. The van der Waals surface area contributed by atoms with Gasteiger partial charge in [-0.05, 0) is 31.0 Å². The molecule has 1 N–H and O–H groups in total. The molecule has 6 heteroatoms. The lowest BCUT2D eigenvalue weighted by Gasteiger charge is -2.18. The maximum Gasteiger partial charge on any atom is 0.263 e. The third-order valence-electron chi connectivity index (χ3n) is 4.28. The van der Waals surface area contributed by atoms with Gasteiger partial charge in [-0.3, -0.25) is 9.78 Å². The minimum Gasteiger partial charge on any atom is -0.379 e. The fraction of sp³-hybridized carbons (Fsp3) is 0.500. The van der Waals surface area contributed by atoms with E-state index in [1.165, 1.54) is 16.9 Å². The van der Waals surface area contributed by atoms with E-state index in [0.717, 1.165) is 17.1 Å². The molecule has 1 fully saturated rings. The molecule has 2 aromatic rings. The molecule has 1 amide bonds. The zero-order valence-corrected chi connectivity index (χ0v) is 15.1. The third kappa shape index (κ3) is 3.82. The molecule has 0 spiro atoms. The summed E-state index contributed by atoms with van der Waals surface area (Å²) >= 11 is 1.49. The summed E-state index contributed by atoms with van der Waals surface area (Å²) in [6.45, 7) is 7.32. The van der Waals surface area contributed by atoms with Crippen LogP contribution in [0.1, 0.15) is 45.7 Å². The molecule has 0 aliphatic carbocycles. The maximum atomic E-state index is 12.6. The smallest absolute Gasteiger partial charge is 0.263 e. The zero-order chi connectivity index (χ0) is 17.1. The molecular weight excluding hydrogens is 322 g/mol. The molecule has 3 heterocycles. The molecule has 24 heavy (non-hydrogen) atoms. The fourth-order valence-corrected chi connectivity index (χ4v) is 3.86. The van der Waals surface area contributed by atoms with Gasteiger partial charge in [0.2, 0.25) is 0 Å². The van der Waals surface area contributed by atoms with Crippen LogP contribution in [0.4, 0.5) is 0 Å². The van der Waals surface area contributed by atoms with Crippen molar-refractivity contribution < 1.29 is 9.53 Å². The molecular formula is C18H23N3O2S. The van der Waals surface area contributed by atoms with E-state index >= 15 is 0 Å². The van der Waals surface area contributed by atoms with E-state index < -0.39 is 0 Å². The molecule has 2 atom stereocenters. The van der Waals surface area contributed by atoms with Gasteiger partial charge in [-0.1, -0.05) is 13.8 Å². The van der Waals surface area contributed by atoms with E-state index in [1.807, 2.05) is 19.1 Å². The molecule has 2 aromatic heterocycles. The first-order valence-electron chi connectivity index (χ1n) is 8.29. The highest BCUT2D eigenvalue weighted by molar-refractivity contribution is 7.13. The lowest BCUT2D eigenvalue weighted by Crippen LogP contribution is -2.40. The molecule has 0 saturated carbocycles. The van der Waals surface area contributed by atoms with Crippen LogP contribution in [-0.4, -0.2) is 35.1 Å². The third-order valence-corrected chi connectivity index (χ3v) is 5.73. The van der Waals surface area contributed by atoms with Gasteiger partial charge in [0.15, 0.2) is 0 Å². The van der Waals surface area contributed by atoms with Crippen molar-refractivity contribution in [1.82, 2.24) is 15.3 Å². The highest BCUT2D eigenvalue weighted by Crippen LogP contribution is 2.25. The first-order chi connectivity index (χ1) is 11.5. The Hall–Kier alpha value is -1.79. The standard InChI is InChI=1S/C18H23N3O2S/c1-11(2)18-20-12(3)16(24-18)17(22)21-15-10-23-9-14(15)8-13-4-6-19-7-5-13/h4-7,11,14-15H,8-10H2,1-3H3,(H,21,22)/t14-,15+/m1/s1. The summed E-state index contributed by atoms with van der Waals surface area (Å²) in [4.78, 5) is 21.9. The molecule has 5 nitrogen and oxygen atoms in total. The molecule has 0 radical (unpaired) electrons. The summed E-state index contributed by atoms with van der Waals surface area (Å²) in [5.41, 5.74) is 2.03. The van der Waals surface area contributed by atoms with Crippen molar-refractivity contribution in [1.29, 1.82) is 0 Å². The van der Waals surface area contributed by atoms with Crippen molar-refractivity contribution >= 4 is 17.2 Å². The number of aromatic nitrogens is 2. The second-order valence-corrected chi connectivity index (χ2v) is 7.59. The summed E-state index contributed by atoms with van der Waals surface area (Å²) < 4.78 is 5.61. The van der Waals surface area contributed by atoms with Crippen LogP contribution in [0.25, 0.3) is 0 Å². The topological polar surface area (TPSA) is 64.1 Å². The van der Waals surface area contributed by atoms with Crippen LogP contribution in [0.3, 0.4) is 0 Å². The van der Waals surface area contributed by atoms with Gasteiger partial charge in [-0.15, -0.1) is 11.3 Å². The van der Waals surface area contributed by atoms with Gasteiger partial charge in [-0.25, -0.2) is 4.98 Å². The average Bonchev–Trinajstić information content (AvgIpc) is 3.15. The van der Waals surface area contributed by atoms with Crippen LogP contribution in [0.5, 0.6) is 0 Å². The number of nitrogens with one attached hydrogen (secondary N) is 1. The number of carbonyl (C=O) groups excluding carboxylic acids is 1. The highest BCUT2D eigenvalue weighted by atomic mass is 32.1. The van der Waals surface area contributed by atoms with E-state index in [0.29, 0.717) is 24.0 Å². The number of pyridine rings is 1. The van der Waals surface area contributed by atoms with E-state index in [-0.39, 0.29) is 17.9 Å². The molecule has 0 unspecified atom stereocenters. The maximum absolute atomic E-state index is 12.6. The summed E-state index contributed by atoms with van der Waals surface area (Å²) in [7, 11) is 0. The van der Waals surface area contributed by atoms with Crippen LogP contribution >= 0.6 is 11.3 Å². The van der Waals surface area contributed by atoms with E-state index in [4.69, 9.17) is 4.74 Å². The Morgan fingerprint density at radius 2 is 2.12 bits per heavy atom. The second kappa shape index (κ2) is 7.40. The van der Waals surface area contributed by atoms with Gasteiger partial charge in [0, 0.05) is 24.2 Å². The van der Waals surface area contributed by atoms with E-state index in [9.17, 15) is 4.79 Å². The SMILES string of the molecule is Cc1nc(C(C)C)sc1C(=O)N[C@H]1COC[C@H]1Cc1ccncc1. The normalized spacial score (nSPS) is 20.5. The number of thiazole rings is 1. The molecule has 3 rings (SSSR count). The van der Waals surface area contributed by atoms with Crippen LogP contribution in [0, 0.1) is 12.8 Å². The Morgan fingerprint density at radius 1 is 1.38 bits per heavy atom. The van der Waals surface area contributed by atoms with E-state index in [1.54, 1.807) is 12.4 Å². The predicted molar refractivity (Wildman–Crippen MR) is 94.4 cm³/mol. The second-order valence-electron chi connectivity index (χ2n) is 6.56. The number of hydrogen-bond acceptors (Lipinski definition) is 5. The van der Waals surface area contributed by atoms with Crippen LogP contribution in [0.15, 0.2) is 24.5 Å². The van der Waals surface area contributed by atoms with Gasteiger partial charge in [-0.2, -0.15) is 0 Å². The van der Waals surface area contributed by atoms with Crippen molar-refractivity contribution in [2.24, 2.45) is 5.92 Å². The molecule has 1 aliphatic rings. The van der Waals surface area contributed by atoms with Gasteiger partial charge in [0.1, 0.15) is 4.88 Å². The van der Waals surface area contributed by atoms with Crippen molar-refractivity contribution in [3.8, 4) is 0 Å². The number of aryl methyl sites for hydroxylation is 1. The first-order valence-corrected chi connectivity index (χ1v) is 9.11. The Balaban J connectivity index is 1.67. The highest BCUT2D eigenvalue weighted by Gasteiger charge is 2.31. The summed E-state index contributed by atoms with van der Waals surface area (Å²) in [6.07, 6.45) is 4.48. The van der Waals surface area contributed by atoms with Gasteiger partial charge >= 0.3 is 0 Å². The summed E-state index contributed by atoms with van der Waals surface area (Å²) in [5, 5.41) is 4.16. The molecule has 128 valence electrons. The van der Waals surface area contributed by atoms with Crippen molar-refractivity contribution in [3.05, 3.63) is 45.7 Å². The molecule has 1 aliphatic heterocycles. The fourth-order valence-electron chi connectivity index (χ4n) is 2.89. The number of rotatable bonds is 5. The minimum atomic E-state index is -0.0351. The predicted octanol–water partition coefficient (Wildman–Crippen LogP) is 2.96. The van der Waals surface area contributed by atoms with Crippen molar-refractivity contribution in [2.75, 3.05) is 13.2 Å². The van der Waals surface area contributed by atoms with Crippen molar-refractivity contribution in [3.63, 3.8) is 0 Å². The van der Waals surface area contributed by atoms with Crippen LogP contribution in [-0.2, 0) is 11.2 Å². The number of ether oxygens (including phenoxy) is 1. The van der Waals surface area contributed by atoms with Gasteiger partial charge < -0.3 is 10.1 Å². The van der Waals surface area contributed by atoms with Crippen molar-refractivity contribution in [2.45, 2.75) is 39.2 Å². The monoisotopic (exact) mass is 345 g/mol. The van der Waals surface area contributed by atoms with E-state index in [2.05, 4.69) is 29.1 Å². The minimum absolute atomic E-state index is 0.0351. The van der Waals surface area contributed by atoms with Crippen LogP contribution in [0.2, 0.25) is 0 Å². The quantitative estimate of drug-likeness (QED) is 0.905. The molecule has 0 aromatic carbocycles. The average molecular weight is 345 g/mol. The number of hydrogen-bond donors (Lipinski definition) is 1. The summed E-state index contributed by atoms with van der Waals surface area (Å²) in [6, 6.07) is 4.06. The Bertz CT molecular complexity index is 700. The molecule has 1 saturated heterocycles. The first kappa shape index (κ1) is 17.0. The number of carbonyl (C=O) groups is 1. The largest absolute Gasteiger partial charge is 0.379 e. The number of nitrogens with zero attached hydrogens (tertiary/aromatic N) is 2. The van der Waals surface area contributed by atoms with Gasteiger partial charge in [0.25, 0.3) is 5.91 Å². The Kier molecular flexibility index (Phi) is 5.26.